The SMILES string of the molecule is OC1C2CN3CC1CN(C2)C3. The minimum Gasteiger partial charge on any atom is -0.392 e. The van der Waals surface area contributed by atoms with E-state index in [4.69, 9.17) is 0 Å². The molecule has 3 nitrogen and oxygen atoms in total. The van der Waals surface area contributed by atoms with Crippen molar-refractivity contribution in [3.63, 3.8) is 0 Å². The number of rotatable bonds is 0. The van der Waals surface area contributed by atoms with Gasteiger partial charge in [0, 0.05) is 38.0 Å². The molecule has 0 aromatic heterocycles. The topological polar surface area (TPSA) is 26.7 Å². The predicted octanol–water partition coefficient (Wildman–Crippen LogP) is -0.818. The number of aliphatic hydroxyl groups excluding tert-OH is 1. The third kappa shape index (κ3) is 0.789. The lowest BCUT2D eigenvalue weighted by atomic mass is 9.80. The second-order valence-corrected chi connectivity index (χ2v) is 4.22. The molecular weight excluding hydrogens is 140 g/mol. The Morgan fingerprint density at radius 1 is 0.909 bits per heavy atom. The summed E-state index contributed by atoms with van der Waals surface area (Å²) in [6.45, 7) is 5.68. The third-order valence-corrected chi connectivity index (χ3v) is 3.34. The molecule has 0 amide bonds. The van der Waals surface area contributed by atoms with E-state index in [0.29, 0.717) is 11.8 Å². The molecule has 11 heavy (non-hydrogen) atoms. The van der Waals surface area contributed by atoms with Gasteiger partial charge in [-0.1, -0.05) is 0 Å². The van der Waals surface area contributed by atoms with E-state index in [1.54, 1.807) is 0 Å². The number of nitrogens with zero attached hydrogens (tertiary/aromatic N) is 2. The number of piperidine rings is 2. The highest BCUT2D eigenvalue weighted by Gasteiger charge is 2.45. The maximum atomic E-state index is 9.77. The van der Waals surface area contributed by atoms with Crippen molar-refractivity contribution in [2.75, 3.05) is 32.8 Å². The molecule has 4 aliphatic rings. The molecule has 4 aliphatic heterocycles. The summed E-state index contributed by atoms with van der Waals surface area (Å²) in [4.78, 5) is 4.93. The van der Waals surface area contributed by atoms with E-state index in [2.05, 4.69) is 9.80 Å². The van der Waals surface area contributed by atoms with Gasteiger partial charge in [-0.05, 0) is 0 Å². The highest BCUT2D eigenvalue weighted by molar-refractivity contribution is 4.97. The average Bonchev–Trinajstić information content (AvgIpc) is 1.98. The lowest BCUT2D eigenvalue weighted by Crippen LogP contribution is -2.67. The van der Waals surface area contributed by atoms with Gasteiger partial charge in [-0.15, -0.1) is 0 Å². The first-order chi connectivity index (χ1) is 5.33. The van der Waals surface area contributed by atoms with Crippen molar-refractivity contribution >= 4 is 0 Å². The molecule has 4 rings (SSSR count). The normalized spacial score (nSPS) is 60.3. The van der Waals surface area contributed by atoms with Crippen molar-refractivity contribution in [1.82, 2.24) is 9.80 Å². The smallest absolute Gasteiger partial charge is 0.0645 e. The molecule has 62 valence electrons. The van der Waals surface area contributed by atoms with Crippen molar-refractivity contribution in [3.8, 4) is 0 Å². The zero-order valence-electron chi connectivity index (χ0n) is 6.61. The second kappa shape index (κ2) is 1.97. The zero-order chi connectivity index (χ0) is 7.42. The van der Waals surface area contributed by atoms with Gasteiger partial charge in [0.15, 0.2) is 0 Å². The summed E-state index contributed by atoms with van der Waals surface area (Å²) in [5.41, 5.74) is 0. The lowest BCUT2D eigenvalue weighted by Gasteiger charge is -2.55. The van der Waals surface area contributed by atoms with Gasteiger partial charge in [0.05, 0.1) is 12.8 Å². The van der Waals surface area contributed by atoms with Crippen molar-refractivity contribution in [2.45, 2.75) is 6.10 Å². The number of hydrogen-bond acceptors (Lipinski definition) is 3. The van der Waals surface area contributed by atoms with Crippen LogP contribution in [0.1, 0.15) is 0 Å². The fourth-order valence-electron chi connectivity index (χ4n) is 2.92. The number of aliphatic hydroxyl groups is 1. The first-order valence-electron chi connectivity index (χ1n) is 4.46. The molecule has 0 spiro atoms. The molecule has 4 fully saturated rings. The van der Waals surface area contributed by atoms with Crippen molar-refractivity contribution in [2.24, 2.45) is 11.8 Å². The predicted molar refractivity (Wildman–Crippen MR) is 41.0 cm³/mol. The molecule has 4 bridgehead atoms. The molecule has 4 saturated heterocycles. The van der Waals surface area contributed by atoms with Crippen LogP contribution in [0.4, 0.5) is 0 Å². The Bertz CT molecular complexity index is 155. The molecule has 0 aromatic carbocycles. The molecule has 3 heteroatoms. The molecule has 0 radical (unpaired) electrons. The maximum absolute atomic E-state index is 9.77. The van der Waals surface area contributed by atoms with Crippen LogP contribution < -0.4 is 0 Å². The summed E-state index contributed by atoms with van der Waals surface area (Å²) in [6, 6.07) is 0. The molecular formula is C8H14N2O. The Balaban J connectivity index is 1.91. The molecule has 0 aliphatic carbocycles. The Morgan fingerprint density at radius 2 is 1.36 bits per heavy atom. The first kappa shape index (κ1) is 6.40. The molecule has 1 N–H and O–H groups in total. The van der Waals surface area contributed by atoms with Crippen molar-refractivity contribution in [1.29, 1.82) is 0 Å². The van der Waals surface area contributed by atoms with Crippen LogP contribution in [-0.4, -0.2) is 53.9 Å². The second-order valence-electron chi connectivity index (χ2n) is 4.22. The minimum atomic E-state index is 0.00259. The van der Waals surface area contributed by atoms with Gasteiger partial charge in [0.25, 0.3) is 0 Å². The van der Waals surface area contributed by atoms with E-state index in [-0.39, 0.29) is 6.10 Å². The summed E-state index contributed by atoms with van der Waals surface area (Å²) in [5, 5.41) is 9.77. The fraction of sp³-hybridized carbons (Fsp3) is 1.00. The fourth-order valence-corrected chi connectivity index (χ4v) is 2.92. The van der Waals surface area contributed by atoms with Crippen LogP contribution in [0.25, 0.3) is 0 Å². The van der Waals surface area contributed by atoms with E-state index in [9.17, 15) is 5.11 Å². The molecule has 0 saturated carbocycles. The minimum absolute atomic E-state index is 0.00259. The van der Waals surface area contributed by atoms with Crippen LogP contribution in [0.2, 0.25) is 0 Å². The molecule has 0 unspecified atom stereocenters. The monoisotopic (exact) mass is 154 g/mol. The van der Waals surface area contributed by atoms with Crippen molar-refractivity contribution in [3.05, 3.63) is 0 Å². The van der Waals surface area contributed by atoms with Crippen molar-refractivity contribution < 1.29 is 5.11 Å². The van der Waals surface area contributed by atoms with Gasteiger partial charge < -0.3 is 5.11 Å². The zero-order valence-corrected chi connectivity index (χ0v) is 6.61. The molecule has 4 heterocycles. The Morgan fingerprint density at radius 3 is 1.82 bits per heavy atom. The molecule has 0 aromatic rings. The van der Waals surface area contributed by atoms with Crippen LogP contribution in [0.5, 0.6) is 0 Å². The Hall–Kier alpha value is -0.120. The average molecular weight is 154 g/mol. The summed E-state index contributed by atoms with van der Waals surface area (Å²) in [6.07, 6.45) is 0.00259. The van der Waals surface area contributed by atoms with Crippen LogP contribution in [0, 0.1) is 11.8 Å². The van der Waals surface area contributed by atoms with Gasteiger partial charge in [-0.25, -0.2) is 0 Å². The standard InChI is InChI=1S/C8H14N2O/c11-8-6-1-9-3-7(8)4-10(2-6)5-9/h6-8,11H,1-5H2. The highest BCUT2D eigenvalue weighted by Crippen LogP contribution is 2.33. The largest absolute Gasteiger partial charge is 0.392 e. The van der Waals surface area contributed by atoms with Crippen LogP contribution >= 0.6 is 0 Å². The Labute approximate surface area is 66.6 Å². The maximum Gasteiger partial charge on any atom is 0.0645 e. The highest BCUT2D eigenvalue weighted by atomic mass is 16.3. The van der Waals surface area contributed by atoms with E-state index in [0.717, 1.165) is 32.8 Å². The van der Waals surface area contributed by atoms with E-state index >= 15 is 0 Å². The Kier molecular flexibility index (Phi) is 1.15. The summed E-state index contributed by atoms with van der Waals surface area (Å²) in [7, 11) is 0. The van der Waals surface area contributed by atoms with Gasteiger partial charge in [-0.3, -0.25) is 9.80 Å². The van der Waals surface area contributed by atoms with E-state index < -0.39 is 0 Å². The van der Waals surface area contributed by atoms with Gasteiger partial charge in [0.2, 0.25) is 0 Å². The van der Waals surface area contributed by atoms with Crippen LogP contribution in [0.15, 0.2) is 0 Å². The number of hydrogen-bond donors (Lipinski definition) is 1. The summed E-state index contributed by atoms with van der Waals surface area (Å²) < 4.78 is 0. The summed E-state index contributed by atoms with van der Waals surface area (Å²) >= 11 is 0. The van der Waals surface area contributed by atoms with Gasteiger partial charge in [-0.2, -0.15) is 0 Å². The van der Waals surface area contributed by atoms with Crippen LogP contribution in [-0.2, 0) is 0 Å². The third-order valence-electron chi connectivity index (χ3n) is 3.34. The molecule has 0 atom stereocenters. The summed E-state index contributed by atoms with van der Waals surface area (Å²) in [5.74, 6) is 1.10. The quantitative estimate of drug-likeness (QED) is 0.494. The first-order valence-corrected chi connectivity index (χ1v) is 4.46. The van der Waals surface area contributed by atoms with E-state index in [1.165, 1.54) is 0 Å². The van der Waals surface area contributed by atoms with Crippen LogP contribution in [0.3, 0.4) is 0 Å². The lowest BCUT2D eigenvalue weighted by molar-refractivity contribution is -0.141. The van der Waals surface area contributed by atoms with E-state index in [1.807, 2.05) is 0 Å². The van der Waals surface area contributed by atoms with Gasteiger partial charge in [0.1, 0.15) is 0 Å². The van der Waals surface area contributed by atoms with Gasteiger partial charge >= 0.3 is 0 Å².